The number of thiophene rings is 1. The van der Waals surface area contributed by atoms with Crippen LogP contribution in [0.15, 0.2) is 17.5 Å². The summed E-state index contributed by atoms with van der Waals surface area (Å²) in [7, 11) is 1.68. The molecular weight excluding hydrogens is 210 g/mol. The van der Waals surface area contributed by atoms with E-state index in [1.807, 2.05) is 0 Å². The van der Waals surface area contributed by atoms with E-state index in [2.05, 4.69) is 23.0 Å². The molecule has 3 nitrogen and oxygen atoms in total. The Balaban J connectivity index is 1.79. The average molecular weight is 227 g/mol. The number of rotatable bonds is 7. The molecule has 15 heavy (non-hydrogen) atoms. The van der Waals surface area contributed by atoms with Crippen molar-refractivity contribution in [1.82, 2.24) is 5.48 Å². The van der Waals surface area contributed by atoms with Gasteiger partial charge in [0, 0.05) is 12.0 Å². The summed E-state index contributed by atoms with van der Waals surface area (Å²) in [4.78, 5) is 6.76. The van der Waals surface area contributed by atoms with E-state index in [4.69, 9.17) is 9.57 Å². The molecule has 0 aliphatic heterocycles. The van der Waals surface area contributed by atoms with E-state index in [1.165, 1.54) is 17.7 Å². The van der Waals surface area contributed by atoms with E-state index in [-0.39, 0.29) is 0 Å². The molecule has 1 atom stereocenters. The monoisotopic (exact) mass is 227 g/mol. The molecule has 1 N–H and O–H groups in total. The first-order valence-corrected chi connectivity index (χ1v) is 6.19. The molecule has 0 amide bonds. The van der Waals surface area contributed by atoms with Gasteiger partial charge in [0.05, 0.1) is 19.3 Å². The lowest BCUT2D eigenvalue weighted by Crippen LogP contribution is -2.24. The van der Waals surface area contributed by atoms with Crippen LogP contribution < -0.4 is 5.48 Å². The first kappa shape index (κ1) is 11.1. The Morgan fingerprint density at radius 2 is 2.40 bits per heavy atom. The molecule has 0 spiro atoms. The fourth-order valence-electron chi connectivity index (χ4n) is 1.56. The molecule has 1 aliphatic carbocycles. The number of nitrogens with one attached hydrogen (secondary N) is 1. The van der Waals surface area contributed by atoms with E-state index in [0.29, 0.717) is 19.3 Å². The molecule has 0 aromatic carbocycles. The molecule has 1 fully saturated rings. The van der Waals surface area contributed by atoms with E-state index in [1.54, 1.807) is 18.4 Å². The van der Waals surface area contributed by atoms with E-state index in [0.717, 1.165) is 5.92 Å². The minimum absolute atomic E-state index is 0.377. The lowest BCUT2D eigenvalue weighted by molar-refractivity contribution is -0.0158. The number of hydrogen-bond donors (Lipinski definition) is 1. The van der Waals surface area contributed by atoms with Crippen LogP contribution in [0.2, 0.25) is 0 Å². The fourth-order valence-corrected chi connectivity index (χ4v) is 2.42. The Hall–Kier alpha value is -0.420. The Labute approximate surface area is 94.4 Å². The molecule has 1 aromatic heterocycles. The maximum Gasteiger partial charge on any atom is 0.0916 e. The molecule has 0 saturated heterocycles. The molecule has 1 heterocycles. The normalized spacial score (nSPS) is 17.9. The van der Waals surface area contributed by atoms with Crippen molar-refractivity contribution in [1.29, 1.82) is 0 Å². The molecule has 2 rings (SSSR count). The zero-order chi connectivity index (χ0) is 10.5. The van der Waals surface area contributed by atoms with E-state index >= 15 is 0 Å². The SMILES string of the molecule is COCCONC(c1cccs1)C1CC1. The topological polar surface area (TPSA) is 30.5 Å². The van der Waals surface area contributed by atoms with Gasteiger partial charge < -0.3 is 4.74 Å². The second kappa shape index (κ2) is 5.61. The molecule has 1 saturated carbocycles. The third-order valence-electron chi connectivity index (χ3n) is 2.54. The van der Waals surface area contributed by atoms with Gasteiger partial charge in [-0.15, -0.1) is 11.3 Å². The molecule has 4 heteroatoms. The Morgan fingerprint density at radius 3 is 3.00 bits per heavy atom. The highest BCUT2D eigenvalue weighted by Crippen LogP contribution is 2.42. The fraction of sp³-hybridized carbons (Fsp3) is 0.636. The Morgan fingerprint density at radius 1 is 1.53 bits per heavy atom. The van der Waals surface area contributed by atoms with Gasteiger partial charge in [-0.2, -0.15) is 5.48 Å². The maximum atomic E-state index is 5.39. The molecule has 1 aromatic rings. The first-order valence-electron chi connectivity index (χ1n) is 5.31. The van der Waals surface area contributed by atoms with Crippen LogP contribution in [0.3, 0.4) is 0 Å². The van der Waals surface area contributed by atoms with Crippen LogP contribution >= 0.6 is 11.3 Å². The lowest BCUT2D eigenvalue weighted by Gasteiger charge is -2.16. The smallest absolute Gasteiger partial charge is 0.0916 e. The van der Waals surface area contributed by atoms with Crippen LogP contribution in [0.1, 0.15) is 23.8 Å². The highest BCUT2D eigenvalue weighted by Gasteiger charge is 2.33. The van der Waals surface area contributed by atoms with E-state index in [9.17, 15) is 0 Å². The second-order valence-corrected chi connectivity index (χ2v) is 4.77. The molecular formula is C11H17NO2S. The van der Waals surface area contributed by atoms with E-state index < -0.39 is 0 Å². The van der Waals surface area contributed by atoms with Crippen LogP contribution in [-0.2, 0) is 9.57 Å². The highest BCUT2D eigenvalue weighted by molar-refractivity contribution is 7.10. The standard InChI is InChI=1S/C11H17NO2S/c1-13-6-7-14-12-11(9-4-5-9)10-3-2-8-15-10/h2-3,8-9,11-12H,4-7H2,1H3. The third kappa shape index (κ3) is 3.28. The van der Waals surface area contributed by atoms with Crippen LogP contribution in [0.5, 0.6) is 0 Å². The van der Waals surface area contributed by atoms with Gasteiger partial charge in [-0.1, -0.05) is 6.07 Å². The highest BCUT2D eigenvalue weighted by atomic mass is 32.1. The quantitative estimate of drug-likeness (QED) is 0.573. The summed E-state index contributed by atoms with van der Waals surface area (Å²) < 4.78 is 4.93. The maximum absolute atomic E-state index is 5.39. The number of hydrogen-bond acceptors (Lipinski definition) is 4. The van der Waals surface area contributed by atoms with Crippen molar-refractivity contribution in [3.63, 3.8) is 0 Å². The first-order chi connectivity index (χ1) is 7.42. The van der Waals surface area contributed by atoms with Crippen molar-refractivity contribution in [3.05, 3.63) is 22.4 Å². The van der Waals surface area contributed by atoms with Crippen LogP contribution in [0, 0.1) is 5.92 Å². The minimum atomic E-state index is 0.377. The Kier molecular flexibility index (Phi) is 4.14. The Bertz CT molecular complexity index is 272. The summed E-state index contributed by atoms with van der Waals surface area (Å²) in [6, 6.07) is 4.63. The summed E-state index contributed by atoms with van der Waals surface area (Å²) in [5, 5.41) is 2.11. The van der Waals surface area contributed by atoms with Gasteiger partial charge in [-0.25, -0.2) is 0 Å². The minimum Gasteiger partial charge on any atom is -0.382 e. The summed E-state index contributed by atoms with van der Waals surface area (Å²) in [5.74, 6) is 0.756. The largest absolute Gasteiger partial charge is 0.382 e. The van der Waals surface area contributed by atoms with Crippen LogP contribution in [-0.4, -0.2) is 20.3 Å². The second-order valence-electron chi connectivity index (χ2n) is 3.79. The molecule has 1 aliphatic rings. The summed E-state index contributed by atoms with van der Waals surface area (Å²) in [6.07, 6.45) is 2.62. The van der Waals surface area contributed by atoms with Gasteiger partial charge in [-0.3, -0.25) is 4.84 Å². The predicted octanol–water partition coefficient (Wildman–Crippen LogP) is 2.37. The molecule has 0 bridgehead atoms. The van der Waals surface area contributed by atoms with Crippen molar-refractivity contribution < 1.29 is 9.57 Å². The van der Waals surface area contributed by atoms with Gasteiger partial charge in [0.15, 0.2) is 0 Å². The number of methoxy groups -OCH3 is 1. The molecule has 0 radical (unpaired) electrons. The van der Waals surface area contributed by atoms with Gasteiger partial charge in [0.2, 0.25) is 0 Å². The van der Waals surface area contributed by atoms with Gasteiger partial charge in [0.1, 0.15) is 0 Å². The van der Waals surface area contributed by atoms with Gasteiger partial charge in [0.25, 0.3) is 0 Å². The van der Waals surface area contributed by atoms with Crippen LogP contribution in [0.25, 0.3) is 0 Å². The number of ether oxygens (including phenoxy) is 1. The molecule has 84 valence electrons. The van der Waals surface area contributed by atoms with Crippen molar-refractivity contribution in [2.75, 3.05) is 20.3 Å². The van der Waals surface area contributed by atoms with Crippen LogP contribution in [0.4, 0.5) is 0 Å². The summed E-state index contributed by atoms with van der Waals surface area (Å²) >= 11 is 1.79. The zero-order valence-corrected chi connectivity index (χ0v) is 9.76. The predicted molar refractivity (Wildman–Crippen MR) is 60.7 cm³/mol. The van der Waals surface area contributed by atoms with Crippen molar-refractivity contribution in [2.24, 2.45) is 5.92 Å². The zero-order valence-electron chi connectivity index (χ0n) is 8.94. The average Bonchev–Trinajstić information content (AvgIpc) is 2.93. The third-order valence-corrected chi connectivity index (χ3v) is 3.50. The van der Waals surface area contributed by atoms with Crippen molar-refractivity contribution in [3.8, 4) is 0 Å². The van der Waals surface area contributed by atoms with Gasteiger partial charge in [-0.05, 0) is 30.2 Å². The molecule has 1 unspecified atom stereocenters. The van der Waals surface area contributed by atoms with Crippen molar-refractivity contribution in [2.45, 2.75) is 18.9 Å². The van der Waals surface area contributed by atoms with Gasteiger partial charge >= 0.3 is 0 Å². The summed E-state index contributed by atoms with van der Waals surface area (Å²) in [6.45, 7) is 1.24. The summed E-state index contributed by atoms with van der Waals surface area (Å²) in [5.41, 5.74) is 3.15. The number of hydroxylamine groups is 1. The lowest BCUT2D eigenvalue weighted by atomic mass is 10.1. The van der Waals surface area contributed by atoms with Crippen molar-refractivity contribution >= 4 is 11.3 Å².